The average molecular weight is 274 g/mol. The lowest BCUT2D eigenvalue weighted by molar-refractivity contribution is -0.127. The number of rotatable bonds is 6. The van der Waals surface area contributed by atoms with Crippen molar-refractivity contribution in [1.29, 1.82) is 0 Å². The minimum absolute atomic E-state index is 0.0720. The molecule has 20 heavy (non-hydrogen) atoms. The second-order valence-corrected chi connectivity index (χ2v) is 4.77. The summed E-state index contributed by atoms with van der Waals surface area (Å²) in [5.74, 6) is 0.712. The number of nitrogens with one attached hydrogen (secondary N) is 1. The molecule has 2 aromatic rings. The van der Waals surface area contributed by atoms with Crippen LogP contribution in [-0.4, -0.2) is 37.4 Å². The number of likely N-dealkylation sites (N-methyl/N-ethyl adjacent to an activating group) is 1. The van der Waals surface area contributed by atoms with Gasteiger partial charge in [0.05, 0.1) is 6.54 Å². The van der Waals surface area contributed by atoms with Crippen molar-refractivity contribution in [3.63, 3.8) is 0 Å². The van der Waals surface area contributed by atoms with Gasteiger partial charge in [-0.3, -0.25) is 9.59 Å². The fourth-order valence-corrected chi connectivity index (χ4v) is 2.10. The topological polar surface area (TPSA) is 62.6 Å². The van der Waals surface area contributed by atoms with E-state index in [-0.39, 0.29) is 12.5 Å². The normalized spacial score (nSPS) is 10.5. The minimum Gasteiger partial charge on any atom is -0.461 e. The fraction of sp³-hybridized carbons (Fsp3) is 0.333. The Morgan fingerprint density at radius 3 is 2.85 bits per heavy atom. The molecule has 2 rings (SSSR count). The van der Waals surface area contributed by atoms with Gasteiger partial charge in [0.1, 0.15) is 11.3 Å². The van der Waals surface area contributed by atoms with Crippen LogP contribution in [0.25, 0.3) is 11.0 Å². The van der Waals surface area contributed by atoms with Gasteiger partial charge >= 0.3 is 0 Å². The number of fused-ring (bicyclic) bond motifs is 1. The Kier molecular flexibility index (Phi) is 4.40. The van der Waals surface area contributed by atoms with Crippen LogP contribution in [0.3, 0.4) is 0 Å². The molecule has 0 spiro atoms. The van der Waals surface area contributed by atoms with Crippen molar-refractivity contribution < 1.29 is 14.0 Å². The average Bonchev–Trinajstić information content (AvgIpc) is 2.76. The third-order valence-electron chi connectivity index (χ3n) is 3.19. The largest absolute Gasteiger partial charge is 0.461 e. The van der Waals surface area contributed by atoms with E-state index in [9.17, 15) is 9.59 Å². The number of carbonyl (C=O) groups excluding carboxylic acids is 2. The summed E-state index contributed by atoms with van der Waals surface area (Å²) in [5, 5.41) is 3.87. The molecule has 5 heteroatoms. The number of para-hydroxylation sites is 1. The molecule has 1 heterocycles. The van der Waals surface area contributed by atoms with Crippen LogP contribution >= 0.6 is 0 Å². The van der Waals surface area contributed by atoms with E-state index in [2.05, 4.69) is 5.32 Å². The van der Waals surface area contributed by atoms with Crippen molar-refractivity contribution in [3.8, 4) is 0 Å². The first-order valence-electron chi connectivity index (χ1n) is 6.51. The van der Waals surface area contributed by atoms with Crippen molar-refractivity contribution >= 4 is 23.3 Å². The second kappa shape index (κ2) is 6.23. The summed E-state index contributed by atoms with van der Waals surface area (Å²) in [6, 6.07) is 7.87. The highest BCUT2D eigenvalue weighted by Crippen LogP contribution is 2.24. The molecule has 0 radical (unpaired) electrons. The van der Waals surface area contributed by atoms with Gasteiger partial charge in [-0.25, -0.2) is 0 Å². The molecular formula is C15H18N2O3. The Balaban J connectivity index is 1.91. The van der Waals surface area contributed by atoms with Gasteiger partial charge in [-0.2, -0.15) is 0 Å². The van der Waals surface area contributed by atoms with E-state index >= 15 is 0 Å². The quantitative estimate of drug-likeness (QED) is 0.812. The molecule has 1 aromatic carbocycles. The molecule has 1 N–H and O–H groups in total. The van der Waals surface area contributed by atoms with Gasteiger partial charge in [-0.1, -0.05) is 18.2 Å². The highest BCUT2D eigenvalue weighted by molar-refractivity contribution is 5.82. The number of hydrogen-bond donors (Lipinski definition) is 1. The SMILES string of the molecule is Cc1c(CCNC(=O)CN(C)C=O)oc2ccccc12. The summed E-state index contributed by atoms with van der Waals surface area (Å²) in [6.45, 7) is 2.58. The highest BCUT2D eigenvalue weighted by Gasteiger charge is 2.10. The van der Waals surface area contributed by atoms with Gasteiger partial charge in [-0.15, -0.1) is 0 Å². The number of nitrogens with zero attached hydrogens (tertiary/aromatic N) is 1. The summed E-state index contributed by atoms with van der Waals surface area (Å²) in [5.41, 5.74) is 1.98. The van der Waals surface area contributed by atoms with Crippen LogP contribution in [0, 0.1) is 6.92 Å². The molecule has 0 saturated heterocycles. The van der Waals surface area contributed by atoms with E-state index in [1.807, 2.05) is 31.2 Å². The molecule has 0 saturated carbocycles. The number of furan rings is 1. The predicted octanol–water partition coefficient (Wildman–Crippen LogP) is 1.49. The van der Waals surface area contributed by atoms with Crippen molar-refractivity contribution in [2.45, 2.75) is 13.3 Å². The van der Waals surface area contributed by atoms with Crippen molar-refractivity contribution in [2.24, 2.45) is 0 Å². The number of aryl methyl sites for hydroxylation is 1. The van der Waals surface area contributed by atoms with E-state index < -0.39 is 0 Å². The Hall–Kier alpha value is -2.30. The maximum Gasteiger partial charge on any atom is 0.239 e. The zero-order valence-electron chi connectivity index (χ0n) is 11.7. The molecule has 0 aliphatic rings. The molecule has 0 bridgehead atoms. The maximum absolute atomic E-state index is 11.5. The molecule has 0 atom stereocenters. The third kappa shape index (κ3) is 3.17. The second-order valence-electron chi connectivity index (χ2n) is 4.77. The summed E-state index contributed by atoms with van der Waals surface area (Å²) in [6.07, 6.45) is 1.26. The Morgan fingerprint density at radius 1 is 1.40 bits per heavy atom. The summed E-state index contributed by atoms with van der Waals surface area (Å²) >= 11 is 0. The number of hydrogen-bond acceptors (Lipinski definition) is 3. The fourth-order valence-electron chi connectivity index (χ4n) is 2.10. The first kappa shape index (κ1) is 14.1. The van der Waals surface area contributed by atoms with Crippen LogP contribution in [0.1, 0.15) is 11.3 Å². The Labute approximate surface area is 117 Å². The lowest BCUT2D eigenvalue weighted by Gasteiger charge is -2.10. The first-order chi connectivity index (χ1) is 9.61. The standard InChI is InChI=1S/C15H18N2O3/c1-11-12-5-3-4-6-14(12)20-13(11)7-8-16-15(19)9-17(2)10-18/h3-6,10H,7-9H2,1-2H3,(H,16,19). The molecule has 1 aromatic heterocycles. The zero-order chi connectivity index (χ0) is 14.5. The van der Waals surface area contributed by atoms with Gasteiger partial charge in [-0.05, 0) is 18.6 Å². The van der Waals surface area contributed by atoms with E-state index in [1.54, 1.807) is 7.05 Å². The third-order valence-corrected chi connectivity index (χ3v) is 3.19. The lowest BCUT2D eigenvalue weighted by Crippen LogP contribution is -2.35. The molecule has 0 aliphatic heterocycles. The predicted molar refractivity (Wildman–Crippen MR) is 76.4 cm³/mol. The van der Waals surface area contributed by atoms with Crippen molar-refractivity contribution in [2.75, 3.05) is 20.1 Å². The van der Waals surface area contributed by atoms with E-state index in [0.717, 1.165) is 22.3 Å². The van der Waals surface area contributed by atoms with Gasteiger partial charge < -0.3 is 14.6 Å². The molecule has 0 unspecified atom stereocenters. The van der Waals surface area contributed by atoms with E-state index in [1.165, 1.54) is 4.90 Å². The molecule has 5 nitrogen and oxygen atoms in total. The van der Waals surface area contributed by atoms with Gasteiger partial charge in [0.15, 0.2) is 0 Å². The van der Waals surface area contributed by atoms with Gasteiger partial charge in [0.2, 0.25) is 12.3 Å². The van der Waals surface area contributed by atoms with Crippen molar-refractivity contribution in [1.82, 2.24) is 10.2 Å². The molecule has 0 aliphatic carbocycles. The van der Waals surface area contributed by atoms with Crippen LogP contribution < -0.4 is 5.32 Å². The highest BCUT2D eigenvalue weighted by atomic mass is 16.3. The molecule has 2 amide bonds. The smallest absolute Gasteiger partial charge is 0.239 e. The molecule has 106 valence electrons. The Bertz CT molecular complexity index is 619. The van der Waals surface area contributed by atoms with Gasteiger partial charge in [0, 0.05) is 25.4 Å². The summed E-state index contributed by atoms with van der Waals surface area (Å²) in [4.78, 5) is 23.2. The monoisotopic (exact) mass is 274 g/mol. The van der Waals surface area contributed by atoms with Crippen LogP contribution in [0.5, 0.6) is 0 Å². The van der Waals surface area contributed by atoms with Crippen LogP contribution in [0.15, 0.2) is 28.7 Å². The first-order valence-corrected chi connectivity index (χ1v) is 6.51. The summed E-state index contributed by atoms with van der Waals surface area (Å²) < 4.78 is 5.77. The summed E-state index contributed by atoms with van der Waals surface area (Å²) in [7, 11) is 1.57. The van der Waals surface area contributed by atoms with Crippen LogP contribution in [0.2, 0.25) is 0 Å². The van der Waals surface area contributed by atoms with Gasteiger partial charge in [0.25, 0.3) is 0 Å². The van der Waals surface area contributed by atoms with Crippen molar-refractivity contribution in [3.05, 3.63) is 35.6 Å². The number of carbonyl (C=O) groups is 2. The van der Waals surface area contributed by atoms with E-state index in [0.29, 0.717) is 19.4 Å². The number of amides is 2. The van der Waals surface area contributed by atoms with Crippen LogP contribution in [-0.2, 0) is 16.0 Å². The van der Waals surface area contributed by atoms with Crippen LogP contribution in [0.4, 0.5) is 0 Å². The minimum atomic E-state index is -0.173. The zero-order valence-corrected chi connectivity index (χ0v) is 11.7. The molecule has 0 fully saturated rings. The maximum atomic E-state index is 11.5. The number of benzene rings is 1. The lowest BCUT2D eigenvalue weighted by atomic mass is 10.1. The van der Waals surface area contributed by atoms with E-state index in [4.69, 9.17) is 4.42 Å². The molecular weight excluding hydrogens is 256 g/mol. The Morgan fingerprint density at radius 2 is 2.15 bits per heavy atom.